The lowest BCUT2D eigenvalue weighted by molar-refractivity contribution is -0.121. The lowest BCUT2D eigenvalue weighted by Gasteiger charge is -2.20. The van der Waals surface area contributed by atoms with Crippen molar-refractivity contribution < 1.29 is 4.79 Å². The van der Waals surface area contributed by atoms with Crippen LogP contribution in [0.3, 0.4) is 0 Å². The first kappa shape index (κ1) is 8.05. The van der Waals surface area contributed by atoms with E-state index in [0.717, 1.165) is 25.9 Å². The van der Waals surface area contributed by atoms with Crippen molar-refractivity contribution in [2.45, 2.75) is 25.7 Å². The molecule has 1 aliphatic carbocycles. The van der Waals surface area contributed by atoms with E-state index in [1.807, 2.05) is 0 Å². The molecule has 1 saturated heterocycles. The summed E-state index contributed by atoms with van der Waals surface area (Å²) in [6.45, 7) is 2.21. The molecule has 1 heterocycles. The molecule has 2 rings (SSSR count). The van der Waals surface area contributed by atoms with E-state index in [2.05, 4.69) is 5.32 Å². The Labute approximate surface area is 72.7 Å². The monoisotopic (exact) mass is 168 g/mol. The SMILES string of the molecule is NC(=O)C1CCC2(CCNC2)C1. The Balaban J connectivity index is 2.01. The average molecular weight is 168 g/mol. The van der Waals surface area contributed by atoms with Gasteiger partial charge in [0.05, 0.1) is 0 Å². The van der Waals surface area contributed by atoms with Crippen LogP contribution in [0.4, 0.5) is 0 Å². The fraction of sp³-hybridized carbons (Fsp3) is 0.889. The fourth-order valence-corrected chi connectivity index (χ4v) is 2.63. The number of hydrogen-bond donors (Lipinski definition) is 2. The summed E-state index contributed by atoms with van der Waals surface area (Å²) >= 11 is 0. The highest BCUT2D eigenvalue weighted by atomic mass is 16.1. The van der Waals surface area contributed by atoms with Crippen LogP contribution in [0, 0.1) is 11.3 Å². The van der Waals surface area contributed by atoms with E-state index >= 15 is 0 Å². The zero-order valence-corrected chi connectivity index (χ0v) is 7.31. The minimum absolute atomic E-state index is 0.0984. The molecular formula is C9H16N2O. The van der Waals surface area contributed by atoms with Gasteiger partial charge in [0.1, 0.15) is 0 Å². The Hall–Kier alpha value is -0.570. The predicted octanol–water partition coefficient (Wildman–Crippen LogP) is 0.251. The maximum Gasteiger partial charge on any atom is 0.220 e. The van der Waals surface area contributed by atoms with Gasteiger partial charge in [-0.25, -0.2) is 0 Å². The molecule has 2 aliphatic rings. The highest BCUT2D eigenvalue weighted by Crippen LogP contribution is 2.45. The molecule has 1 amide bonds. The van der Waals surface area contributed by atoms with Crippen LogP contribution in [0.15, 0.2) is 0 Å². The van der Waals surface area contributed by atoms with Gasteiger partial charge in [-0.05, 0) is 37.6 Å². The van der Waals surface area contributed by atoms with Crippen LogP contribution in [-0.4, -0.2) is 19.0 Å². The smallest absolute Gasteiger partial charge is 0.220 e. The minimum atomic E-state index is -0.0984. The standard InChI is InChI=1S/C9H16N2O/c10-8(12)7-1-2-9(5-7)3-4-11-6-9/h7,11H,1-6H2,(H2,10,12). The molecule has 2 atom stereocenters. The van der Waals surface area contributed by atoms with E-state index in [4.69, 9.17) is 5.73 Å². The van der Waals surface area contributed by atoms with E-state index in [1.165, 1.54) is 12.8 Å². The molecule has 68 valence electrons. The van der Waals surface area contributed by atoms with Gasteiger partial charge >= 0.3 is 0 Å². The topological polar surface area (TPSA) is 55.1 Å². The number of carbonyl (C=O) groups is 1. The van der Waals surface area contributed by atoms with Gasteiger partial charge in [-0.1, -0.05) is 0 Å². The molecule has 2 unspecified atom stereocenters. The Morgan fingerprint density at radius 2 is 2.33 bits per heavy atom. The van der Waals surface area contributed by atoms with Gasteiger partial charge in [0, 0.05) is 12.5 Å². The van der Waals surface area contributed by atoms with E-state index in [-0.39, 0.29) is 11.8 Å². The summed E-state index contributed by atoms with van der Waals surface area (Å²) in [4.78, 5) is 10.9. The Bertz CT molecular complexity index is 197. The lowest BCUT2D eigenvalue weighted by Crippen LogP contribution is -2.25. The Kier molecular flexibility index (Phi) is 1.83. The summed E-state index contributed by atoms with van der Waals surface area (Å²) in [5, 5.41) is 3.36. The second kappa shape index (κ2) is 2.73. The zero-order chi connectivity index (χ0) is 8.60. The number of primary amides is 1. The molecule has 0 aromatic heterocycles. The van der Waals surface area contributed by atoms with Crippen LogP contribution in [-0.2, 0) is 4.79 Å². The molecule has 3 N–H and O–H groups in total. The van der Waals surface area contributed by atoms with Gasteiger partial charge in [-0.15, -0.1) is 0 Å². The van der Waals surface area contributed by atoms with Gasteiger partial charge in [-0.2, -0.15) is 0 Å². The Morgan fingerprint density at radius 1 is 1.50 bits per heavy atom. The molecule has 3 nitrogen and oxygen atoms in total. The quantitative estimate of drug-likeness (QED) is 0.589. The molecule has 0 bridgehead atoms. The maximum absolute atomic E-state index is 10.9. The van der Waals surface area contributed by atoms with Crippen LogP contribution in [0.2, 0.25) is 0 Å². The van der Waals surface area contributed by atoms with Crippen molar-refractivity contribution in [3.05, 3.63) is 0 Å². The van der Waals surface area contributed by atoms with E-state index < -0.39 is 0 Å². The second-order valence-electron chi connectivity index (χ2n) is 4.27. The van der Waals surface area contributed by atoms with Crippen molar-refractivity contribution in [2.75, 3.05) is 13.1 Å². The summed E-state index contributed by atoms with van der Waals surface area (Å²) in [5.41, 5.74) is 5.72. The van der Waals surface area contributed by atoms with Gasteiger partial charge in [-0.3, -0.25) is 4.79 Å². The third-order valence-electron chi connectivity index (χ3n) is 3.44. The molecule has 12 heavy (non-hydrogen) atoms. The summed E-state index contributed by atoms with van der Waals surface area (Å²) < 4.78 is 0. The second-order valence-corrected chi connectivity index (χ2v) is 4.27. The minimum Gasteiger partial charge on any atom is -0.369 e. The van der Waals surface area contributed by atoms with Crippen LogP contribution >= 0.6 is 0 Å². The number of nitrogens with one attached hydrogen (secondary N) is 1. The zero-order valence-electron chi connectivity index (χ0n) is 7.31. The molecule has 0 aromatic rings. The Morgan fingerprint density at radius 3 is 2.83 bits per heavy atom. The largest absolute Gasteiger partial charge is 0.369 e. The molecule has 0 radical (unpaired) electrons. The molecule has 1 spiro atoms. The number of carbonyl (C=O) groups excluding carboxylic acids is 1. The van der Waals surface area contributed by atoms with Crippen molar-refractivity contribution in [2.24, 2.45) is 17.1 Å². The lowest BCUT2D eigenvalue weighted by atomic mass is 9.84. The molecule has 1 aliphatic heterocycles. The van der Waals surface area contributed by atoms with Crippen LogP contribution in [0.1, 0.15) is 25.7 Å². The van der Waals surface area contributed by atoms with Crippen LogP contribution < -0.4 is 11.1 Å². The summed E-state index contributed by atoms with van der Waals surface area (Å²) in [6.07, 6.45) is 4.46. The number of hydrogen-bond acceptors (Lipinski definition) is 2. The van der Waals surface area contributed by atoms with Crippen molar-refractivity contribution in [1.29, 1.82) is 0 Å². The normalized spacial score (nSPS) is 40.8. The van der Waals surface area contributed by atoms with Gasteiger partial charge in [0.15, 0.2) is 0 Å². The number of nitrogens with two attached hydrogens (primary N) is 1. The first-order chi connectivity index (χ1) is 5.72. The van der Waals surface area contributed by atoms with Gasteiger partial charge in [0.25, 0.3) is 0 Å². The fourth-order valence-electron chi connectivity index (χ4n) is 2.63. The third-order valence-corrected chi connectivity index (χ3v) is 3.44. The van der Waals surface area contributed by atoms with Crippen LogP contribution in [0.5, 0.6) is 0 Å². The summed E-state index contributed by atoms with van der Waals surface area (Å²) in [6, 6.07) is 0. The molecule has 2 fully saturated rings. The van der Waals surface area contributed by atoms with E-state index in [9.17, 15) is 4.79 Å². The molecule has 3 heteroatoms. The van der Waals surface area contributed by atoms with Crippen molar-refractivity contribution in [1.82, 2.24) is 5.32 Å². The van der Waals surface area contributed by atoms with Gasteiger partial charge < -0.3 is 11.1 Å². The number of rotatable bonds is 1. The molecule has 0 aromatic carbocycles. The molecule has 1 saturated carbocycles. The van der Waals surface area contributed by atoms with Gasteiger partial charge in [0.2, 0.25) is 5.91 Å². The van der Waals surface area contributed by atoms with Crippen LogP contribution in [0.25, 0.3) is 0 Å². The van der Waals surface area contributed by atoms with E-state index in [1.54, 1.807) is 0 Å². The maximum atomic E-state index is 10.9. The first-order valence-electron chi connectivity index (χ1n) is 4.72. The number of amides is 1. The van der Waals surface area contributed by atoms with Crippen molar-refractivity contribution in [3.63, 3.8) is 0 Å². The highest BCUT2D eigenvalue weighted by molar-refractivity contribution is 5.77. The summed E-state index contributed by atoms with van der Waals surface area (Å²) in [5.74, 6) is 0.0590. The average Bonchev–Trinajstić information content (AvgIpc) is 2.62. The highest BCUT2D eigenvalue weighted by Gasteiger charge is 2.42. The van der Waals surface area contributed by atoms with E-state index in [0.29, 0.717) is 5.41 Å². The summed E-state index contributed by atoms with van der Waals surface area (Å²) in [7, 11) is 0. The van der Waals surface area contributed by atoms with Crippen molar-refractivity contribution in [3.8, 4) is 0 Å². The predicted molar refractivity (Wildman–Crippen MR) is 46.5 cm³/mol. The molecular weight excluding hydrogens is 152 g/mol. The van der Waals surface area contributed by atoms with Crippen molar-refractivity contribution >= 4 is 5.91 Å². The first-order valence-corrected chi connectivity index (χ1v) is 4.72. The third kappa shape index (κ3) is 1.22.